The molecule has 0 saturated carbocycles. The molecule has 0 unspecified atom stereocenters. The van der Waals surface area contributed by atoms with Crippen LogP contribution in [-0.2, 0) is 0 Å². The number of nitrogens with one attached hydrogen (secondary N) is 2. The Morgan fingerprint density at radius 1 is 0.706 bits per heavy atom. The van der Waals surface area contributed by atoms with E-state index in [1.807, 2.05) is 20.8 Å². The molecule has 2 amide bonds. The lowest BCUT2D eigenvalue weighted by Crippen LogP contribution is -2.14. The molecule has 0 radical (unpaired) electrons. The van der Waals surface area contributed by atoms with Crippen LogP contribution in [0, 0.1) is 0 Å². The molecule has 8 heteroatoms. The molecular formula is C26H27ClN2O5. The highest BCUT2D eigenvalue weighted by atomic mass is 35.5. The van der Waals surface area contributed by atoms with Gasteiger partial charge in [-0.05, 0) is 75.4 Å². The van der Waals surface area contributed by atoms with Crippen LogP contribution >= 0.6 is 11.6 Å². The Bertz CT molecular complexity index is 1120. The van der Waals surface area contributed by atoms with Gasteiger partial charge < -0.3 is 24.8 Å². The van der Waals surface area contributed by atoms with Gasteiger partial charge in [-0.1, -0.05) is 17.7 Å². The van der Waals surface area contributed by atoms with Crippen molar-refractivity contribution in [1.82, 2.24) is 0 Å². The maximum atomic E-state index is 12.9. The number of carbonyl (C=O) groups excluding carboxylic acids is 2. The molecule has 3 aromatic rings. The van der Waals surface area contributed by atoms with E-state index in [1.165, 1.54) is 0 Å². The quantitative estimate of drug-likeness (QED) is 0.368. The van der Waals surface area contributed by atoms with E-state index >= 15 is 0 Å². The summed E-state index contributed by atoms with van der Waals surface area (Å²) in [6, 6.07) is 16.8. The summed E-state index contributed by atoms with van der Waals surface area (Å²) in [6.45, 7) is 6.85. The molecule has 0 bridgehead atoms. The molecule has 0 fully saturated rings. The third kappa shape index (κ3) is 6.42. The summed E-state index contributed by atoms with van der Waals surface area (Å²) < 4.78 is 17.0. The maximum Gasteiger partial charge on any atom is 0.255 e. The number of hydrogen-bond donors (Lipinski definition) is 2. The van der Waals surface area contributed by atoms with E-state index in [-0.39, 0.29) is 11.8 Å². The van der Waals surface area contributed by atoms with Crippen LogP contribution in [-0.4, -0.2) is 31.6 Å². The Morgan fingerprint density at radius 2 is 1.21 bits per heavy atom. The lowest BCUT2D eigenvalue weighted by molar-refractivity contribution is 0.101. The number of anilines is 2. The minimum Gasteiger partial charge on any atom is -0.490 e. The molecule has 7 nitrogen and oxygen atoms in total. The second-order valence-corrected chi connectivity index (χ2v) is 7.53. The van der Waals surface area contributed by atoms with Crippen molar-refractivity contribution >= 4 is 34.8 Å². The first-order valence-corrected chi connectivity index (χ1v) is 11.4. The van der Waals surface area contributed by atoms with E-state index in [2.05, 4.69) is 10.6 Å². The van der Waals surface area contributed by atoms with Crippen molar-refractivity contribution in [3.8, 4) is 17.2 Å². The Balaban J connectivity index is 1.74. The zero-order valence-corrected chi connectivity index (χ0v) is 20.1. The smallest absolute Gasteiger partial charge is 0.255 e. The van der Waals surface area contributed by atoms with E-state index in [0.717, 1.165) is 0 Å². The third-order valence-corrected chi connectivity index (χ3v) is 4.89. The van der Waals surface area contributed by atoms with Crippen LogP contribution in [0.1, 0.15) is 41.5 Å². The molecule has 0 aliphatic rings. The molecule has 0 aliphatic carbocycles. The average molecular weight is 483 g/mol. The summed E-state index contributed by atoms with van der Waals surface area (Å²) in [6.07, 6.45) is 0. The van der Waals surface area contributed by atoms with E-state index in [4.69, 9.17) is 25.8 Å². The van der Waals surface area contributed by atoms with Gasteiger partial charge in [0.15, 0.2) is 11.5 Å². The predicted molar refractivity (Wildman–Crippen MR) is 134 cm³/mol. The Hall–Kier alpha value is -3.71. The first-order chi connectivity index (χ1) is 16.4. The number of carbonyl (C=O) groups is 2. The van der Waals surface area contributed by atoms with Gasteiger partial charge in [-0.25, -0.2) is 0 Å². The molecule has 0 heterocycles. The van der Waals surface area contributed by atoms with Crippen LogP contribution in [0.15, 0.2) is 60.7 Å². The summed E-state index contributed by atoms with van der Waals surface area (Å²) in [5.41, 5.74) is 1.97. The fourth-order valence-electron chi connectivity index (χ4n) is 3.19. The molecule has 2 N–H and O–H groups in total. The predicted octanol–water partition coefficient (Wildman–Crippen LogP) is 6.04. The number of halogens is 1. The minimum absolute atomic E-state index is 0.277. The van der Waals surface area contributed by atoms with E-state index in [9.17, 15) is 9.59 Å². The fraction of sp³-hybridized carbons (Fsp3) is 0.231. The number of hydrogen-bond acceptors (Lipinski definition) is 5. The van der Waals surface area contributed by atoms with Crippen molar-refractivity contribution < 1.29 is 23.8 Å². The van der Waals surface area contributed by atoms with Crippen molar-refractivity contribution in [2.75, 3.05) is 30.5 Å². The van der Waals surface area contributed by atoms with Gasteiger partial charge in [-0.15, -0.1) is 0 Å². The van der Waals surface area contributed by atoms with Gasteiger partial charge in [0.25, 0.3) is 11.8 Å². The van der Waals surface area contributed by atoms with Crippen LogP contribution in [0.4, 0.5) is 11.4 Å². The molecule has 3 rings (SSSR count). The van der Waals surface area contributed by atoms with Gasteiger partial charge in [0, 0.05) is 27.5 Å². The van der Waals surface area contributed by atoms with Gasteiger partial charge in [0.05, 0.1) is 19.8 Å². The van der Waals surface area contributed by atoms with Gasteiger partial charge in [-0.3, -0.25) is 9.59 Å². The largest absolute Gasteiger partial charge is 0.490 e. The molecule has 34 heavy (non-hydrogen) atoms. The molecule has 178 valence electrons. The Kier molecular flexibility index (Phi) is 8.76. The summed E-state index contributed by atoms with van der Waals surface area (Å²) >= 11 is 5.95. The third-order valence-electron chi connectivity index (χ3n) is 4.66. The summed E-state index contributed by atoms with van der Waals surface area (Å²) in [7, 11) is 0. The van der Waals surface area contributed by atoms with E-state index in [1.54, 1.807) is 60.7 Å². The van der Waals surface area contributed by atoms with Crippen molar-refractivity contribution in [2.24, 2.45) is 0 Å². The zero-order chi connectivity index (χ0) is 24.5. The van der Waals surface area contributed by atoms with Gasteiger partial charge in [0.1, 0.15) is 0 Å². The molecule has 0 aromatic heterocycles. The molecular weight excluding hydrogens is 456 g/mol. The molecule has 3 aromatic carbocycles. The second-order valence-electron chi connectivity index (χ2n) is 7.10. The highest BCUT2D eigenvalue weighted by Crippen LogP contribution is 2.39. The van der Waals surface area contributed by atoms with Crippen molar-refractivity contribution in [3.63, 3.8) is 0 Å². The van der Waals surface area contributed by atoms with Crippen LogP contribution < -0.4 is 24.8 Å². The van der Waals surface area contributed by atoms with E-state index in [0.29, 0.717) is 64.6 Å². The fourth-order valence-corrected chi connectivity index (χ4v) is 3.38. The maximum absolute atomic E-state index is 12.9. The normalized spacial score (nSPS) is 10.4. The van der Waals surface area contributed by atoms with Crippen molar-refractivity contribution in [3.05, 3.63) is 76.8 Å². The molecule has 0 aliphatic heterocycles. The van der Waals surface area contributed by atoms with Gasteiger partial charge in [-0.2, -0.15) is 0 Å². The standard InChI is InChI=1S/C26H27ClN2O5/c1-4-32-22-15-18(16-23(33-5-2)24(22)34-6-3)26(31)29-21-12-10-20(11-13-21)28-25(30)17-8-7-9-19(27)14-17/h7-16H,4-6H2,1-3H3,(H,28,30)(H,29,31). The van der Waals surface area contributed by atoms with Crippen LogP contribution in [0.25, 0.3) is 0 Å². The van der Waals surface area contributed by atoms with Crippen LogP contribution in [0.2, 0.25) is 5.02 Å². The lowest BCUT2D eigenvalue weighted by atomic mass is 10.1. The van der Waals surface area contributed by atoms with Crippen molar-refractivity contribution in [1.29, 1.82) is 0 Å². The molecule has 0 atom stereocenters. The number of ether oxygens (including phenoxy) is 3. The number of amides is 2. The van der Waals surface area contributed by atoms with Crippen molar-refractivity contribution in [2.45, 2.75) is 20.8 Å². The first-order valence-electron chi connectivity index (χ1n) is 11.0. The van der Waals surface area contributed by atoms with Crippen LogP contribution in [0.3, 0.4) is 0 Å². The SMILES string of the molecule is CCOc1cc(C(=O)Nc2ccc(NC(=O)c3cccc(Cl)c3)cc2)cc(OCC)c1OCC. The van der Waals surface area contributed by atoms with E-state index < -0.39 is 0 Å². The zero-order valence-electron chi connectivity index (χ0n) is 19.3. The first kappa shape index (κ1) is 24.9. The van der Waals surface area contributed by atoms with Crippen LogP contribution in [0.5, 0.6) is 17.2 Å². The monoisotopic (exact) mass is 482 g/mol. The lowest BCUT2D eigenvalue weighted by Gasteiger charge is -2.17. The minimum atomic E-state index is -0.333. The Morgan fingerprint density at radius 3 is 1.68 bits per heavy atom. The average Bonchev–Trinajstić information content (AvgIpc) is 2.82. The highest BCUT2D eigenvalue weighted by Gasteiger charge is 2.18. The molecule has 0 saturated heterocycles. The number of rotatable bonds is 10. The highest BCUT2D eigenvalue weighted by molar-refractivity contribution is 6.31. The topological polar surface area (TPSA) is 85.9 Å². The summed E-state index contributed by atoms with van der Waals surface area (Å²) in [5, 5.41) is 6.13. The Labute approximate surface area is 204 Å². The van der Waals surface area contributed by atoms with Gasteiger partial charge >= 0.3 is 0 Å². The molecule has 0 spiro atoms. The van der Waals surface area contributed by atoms with Gasteiger partial charge in [0.2, 0.25) is 5.75 Å². The summed E-state index contributed by atoms with van der Waals surface area (Å²) in [5.74, 6) is 0.753. The summed E-state index contributed by atoms with van der Waals surface area (Å²) in [4.78, 5) is 25.3. The second kappa shape index (κ2) is 12.0. The number of benzene rings is 3.